The summed E-state index contributed by atoms with van der Waals surface area (Å²) >= 11 is 0. The fourth-order valence-electron chi connectivity index (χ4n) is 2.28. The molecule has 22 heavy (non-hydrogen) atoms. The Labute approximate surface area is 124 Å². The minimum atomic E-state index is -0.447. The predicted octanol–water partition coefficient (Wildman–Crippen LogP) is 1.04. The molecular formula is C15H14N4O3. The van der Waals surface area contributed by atoms with Crippen molar-refractivity contribution in [3.8, 4) is 0 Å². The SMILES string of the molecule is CC(NC(=O)c1ccc[nH]c1=O)c1ccc2[nH]c(=O)[nH]c2c1. The standard InChI is InChI=1S/C15H14N4O3/c1-8(17-14(21)10-3-2-6-16-13(10)20)9-4-5-11-12(7-9)19-15(22)18-11/h2-8H,1H3,(H,16,20)(H,17,21)(H2,18,19,22). The van der Waals surface area contributed by atoms with E-state index >= 15 is 0 Å². The maximum absolute atomic E-state index is 12.1. The number of hydrogen-bond donors (Lipinski definition) is 4. The number of aromatic amines is 3. The third-order valence-electron chi connectivity index (χ3n) is 3.45. The van der Waals surface area contributed by atoms with Gasteiger partial charge in [0.2, 0.25) is 0 Å². The first-order valence-corrected chi connectivity index (χ1v) is 6.75. The third kappa shape index (κ3) is 2.56. The first-order chi connectivity index (χ1) is 10.5. The summed E-state index contributed by atoms with van der Waals surface area (Å²) in [5, 5.41) is 2.76. The smallest absolute Gasteiger partial charge is 0.323 e. The van der Waals surface area contributed by atoms with E-state index in [9.17, 15) is 14.4 Å². The molecule has 112 valence electrons. The molecule has 1 unspecified atom stereocenters. The zero-order chi connectivity index (χ0) is 15.7. The highest BCUT2D eigenvalue weighted by Gasteiger charge is 2.14. The molecule has 2 heterocycles. The Morgan fingerprint density at radius 3 is 2.68 bits per heavy atom. The normalized spacial score (nSPS) is 12.2. The summed E-state index contributed by atoms with van der Waals surface area (Å²) in [6, 6.07) is 8.11. The number of fused-ring (bicyclic) bond motifs is 1. The number of amides is 1. The molecule has 0 fully saturated rings. The van der Waals surface area contributed by atoms with Crippen LogP contribution >= 0.6 is 0 Å². The number of rotatable bonds is 3. The molecule has 7 heteroatoms. The van der Waals surface area contributed by atoms with Crippen molar-refractivity contribution >= 4 is 16.9 Å². The van der Waals surface area contributed by atoms with Crippen LogP contribution in [0.25, 0.3) is 11.0 Å². The summed E-state index contributed by atoms with van der Waals surface area (Å²) in [7, 11) is 0. The highest BCUT2D eigenvalue weighted by Crippen LogP contribution is 2.17. The zero-order valence-corrected chi connectivity index (χ0v) is 11.8. The van der Waals surface area contributed by atoms with Gasteiger partial charge in [-0.1, -0.05) is 6.07 Å². The van der Waals surface area contributed by atoms with Crippen molar-refractivity contribution in [1.29, 1.82) is 0 Å². The molecule has 0 radical (unpaired) electrons. The van der Waals surface area contributed by atoms with Crippen molar-refractivity contribution in [3.05, 3.63) is 68.5 Å². The molecule has 1 atom stereocenters. The number of pyridine rings is 1. The number of nitrogens with one attached hydrogen (secondary N) is 4. The number of carbonyl (C=O) groups excluding carboxylic acids is 1. The average Bonchev–Trinajstić information content (AvgIpc) is 2.86. The lowest BCUT2D eigenvalue weighted by molar-refractivity contribution is 0.0938. The van der Waals surface area contributed by atoms with E-state index in [-0.39, 0.29) is 17.3 Å². The maximum Gasteiger partial charge on any atom is 0.323 e. The summed E-state index contributed by atoms with van der Waals surface area (Å²) < 4.78 is 0. The Morgan fingerprint density at radius 2 is 1.91 bits per heavy atom. The third-order valence-corrected chi connectivity index (χ3v) is 3.45. The van der Waals surface area contributed by atoms with Gasteiger partial charge in [-0.05, 0) is 36.8 Å². The largest absolute Gasteiger partial charge is 0.345 e. The van der Waals surface area contributed by atoms with Gasteiger partial charge in [-0.2, -0.15) is 0 Å². The number of carbonyl (C=O) groups is 1. The molecule has 3 aromatic rings. The van der Waals surface area contributed by atoms with Crippen molar-refractivity contribution in [2.75, 3.05) is 0 Å². The molecule has 0 saturated carbocycles. The van der Waals surface area contributed by atoms with E-state index in [2.05, 4.69) is 20.3 Å². The lowest BCUT2D eigenvalue weighted by atomic mass is 10.1. The summed E-state index contributed by atoms with van der Waals surface area (Å²) in [6.07, 6.45) is 1.47. The quantitative estimate of drug-likeness (QED) is 0.579. The van der Waals surface area contributed by atoms with Crippen LogP contribution in [0.2, 0.25) is 0 Å². The first-order valence-electron chi connectivity index (χ1n) is 6.75. The van der Waals surface area contributed by atoms with Crippen LogP contribution < -0.4 is 16.6 Å². The molecule has 1 amide bonds. The average molecular weight is 298 g/mol. The van der Waals surface area contributed by atoms with Crippen molar-refractivity contribution in [1.82, 2.24) is 20.3 Å². The molecule has 0 saturated heterocycles. The van der Waals surface area contributed by atoms with Crippen LogP contribution in [0.4, 0.5) is 0 Å². The molecule has 4 N–H and O–H groups in total. The molecule has 0 spiro atoms. The lowest BCUT2D eigenvalue weighted by Gasteiger charge is -2.14. The molecule has 1 aromatic carbocycles. The van der Waals surface area contributed by atoms with Crippen molar-refractivity contribution in [2.45, 2.75) is 13.0 Å². The summed E-state index contributed by atoms with van der Waals surface area (Å²) in [4.78, 5) is 42.8. The van der Waals surface area contributed by atoms with Gasteiger partial charge in [-0.3, -0.25) is 9.59 Å². The second-order valence-corrected chi connectivity index (χ2v) is 4.99. The van der Waals surface area contributed by atoms with Gasteiger partial charge >= 0.3 is 5.69 Å². The molecule has 0 aliphatic rings. The minimum Gasteiger partial charge on any atom is -0.345 e. The second kappa shape index (κ2) is 5.36. The Bertz CT molecular complexity index is 951. The van der Waals surface area contributed by atoms with Crippen LogP contribution in [-0.4, -0.2) is 20.9 Å². The van der Waals surface area contributed by atoms with Gasteiger partial charge in [0.05, 0.1) is 17.1 Å². The summed E-state index contributed by atoms with van der Waals surface area (Å²) in [5.74, 6) is -0.447. The van der Waals surface area contributed by atoms with Gasteiger partial charge in [0.25, 0.3) is 11.5 Å². The molecule has 0 aliphatic heterocycles. The van der Waals surface area contributed by atoms with Gasteiger partial charge < -0.3 is 20.3 Å². The predicted molar refractivity (Wildman–Crippen MR) is 81.9 cm³/mol. The van der Waals surface area contributed by atoms with E-state index in [1.807, 2.05) is 6.07 Å². The molecule has 0 bridgehead atoms. The van der Waals surface area contributed by atoms with E-state index in [4.69, 9.17) is 0 Å². The van der Waals surface area contributed by atoms with Crippen molar-refractivity contribution in [2.24, 2.45) is 0 Å². The molecular weight excluding hydrogens is 284 g/mol. The van der Waals surface area contributed by atoms with E-state index in [0.29, 0.717) is 11.0 Å². The summed E-state index contributed by atoms with van der Waals surface area (Å²) in [6.45, 7) is 1.81. The molecule has 7 nitrogen and oxygen atoms in total. The lowest BCUT2D eigenvalue weighted by Crippen LogP contribution is -2.31. The fraction of sp³-hybridized carbons (Fsp3) is 0.133. The topological polar surface area (TPSA) is 111 Å². The Kier molecular flexibility index (Phi) is 3.38. The Morgan fingerprint density at radius 1 is 1.14 bits per heavy atom. The number of imidazole rings is 1. The van der Waals surface area contributed by atoms with E-state index in [0.717, 1.165) is 5.56 Å². The van der Waals surface area contributed by atoms with Crippen LogP contribution in [0.5, 0.6) is 0 Å². The molecule has 2 aromatic heterocycles. The van der Waals surface area contributed by atoms with Gasteiger partial charge in [-0.25, -0.2) is 4.79 Å². The van der Waals surface area contributed by atoms with Crippen LogP contribution in [0, 0.1) is 0 Å². The number of hydrogen-bond acceptors (Lipinski definition) is 3. The zero-order valence-electron chi connectivity index (χ0n) is 11.8. The van der Waals surface area contributed by atoms with Crippen molar-refractivity contribution < 1.29 is 4.79 Å². The van der Waals surface area contributed by atoms with Crippen LogP contribution in [0.3, 0.4) is 0 Å². The van der Waals surface area contributed by atoms with E-state index in [1.54, 1.807) is 25.1 Å². The van der Waals surface area contributed by atoms with Gasteiger partial charge in [0, 0.05) is 6.20 Å². The number of benzene rings is 1. The second-order valence-electron chi connectivity index (χ2n) is 4.99. The molecule has 0 aliphatic carbocycles. The van der Waals surface area contributed by atoms with Gasteiger partial charge in [0.1, 0.15) is 5.56 Å². The Hall–Kier alpha value is -3.09. The van der Waals surface area contributed by atoms with E-state index in [1.165, 1.54) is 12.3 Å². The summed E-state index contributed by atoms with van der Waals surface area (Å²) in [5.41, 5.74) is 1.54. The molecule has 3 rings (SSSR count). The monoisotopic (exact) mass is 298 g/mol. The minimum absolute atomic E-state index is 0.0606. The first kappa shape index (κ1) is 13.9. The highest BCUT2D eigenvalue weighted by molar-refractivity contribution is 5.94. The van der Waals surface area contributed by atoms with Gasteiger partial charge in [-0.15, -0.1) is 0 Å². The fourth-order valence-corrected chi connectivity index (χ4v) is 2.28. The number of H-pyrrole nitrogens is 3. The van der Waals surface area contributed by atoms with Crippen LogP contribution in [0.15, 0.2) is 46.1 Å². The van der Waals surface area contributed by atoms with Crippen LogP contribution in [-0.2, 0) is 0 Å². The van der Waals surface area contributed by atoms with Crippen LogP contribution in [0.1, 0.15) is 28.9 Å². The van der Waals surface area contributed by atoms with Gasteiger partial charge in [0.15, 0.2) is 0 Å². The highest BCUT2D eigenvalue weighted by atomic mass is 16.2. The van der Waals surface area contributed by atoms with Crippen molar-refractivity contribution in [3.63, 3.8) is 0 Å². The number of aromatic nitrogens is 3. The maximum atomic E-state index is 12.1. The Balaban J connectivity index is 1.85. The van der Waals surface area contributed by atoms with E-state index < -0.39 is 11.5 Å².